The van der Waals surface area contributed by atoms with Gasteiger partial charge in [-0.2, -0.15) is 0 Å². The predicted octanol–water partition coefficient (Wildman–Crippen LogP) is 2.01. The highest BCUT2D eigenvalue weighted by molar-refractivity contribution is 7.82. The Morgan fingerprint density at radius 3 is 2.11 bits per heavy atom. The number of nitrogens with one attached hydrogen (secondary N) is 2. The van der Waals surface area contributed by atoms with Gasteiger partial charge < -0.3 is 25.2 Å². The van der Waals surface area contributed by atoms with E-state index in [0.29, 0.717) is 13.1 Å². The number of methoxy groups -OCH3 is 1. The molecule has 36 heavy (non-hydrogen) atoms. The molecule has 2 amide bonds. The molecule has 9 nitrogen and oxygen atoms in total. The van der Waals surface area contributed by atoms with Gasteiger partial charge in [0.05, 0.1) is 12.0 Å². The van der Waals surface area contributed by atoms with Crippen molar-refractivity contribution in [2.75, 3.05) is 66.8 Å². The second kappa shape index (κ2) is 14.0. The van der Waals surface area contributed by atoms with E-state index < -0.39 is 22.8 Å². The normalized spacial score (nSPS) is 11.9. The second-order valence-corrected chi connectivity index (χ2v) is 10.6. The number of nitrogens with zero attached hydrogens (tertiary/aromatic N) is 3. The van der Waals surface area contributed by atoms with Crippen LogP contribution in [0.15, 0.2) is 41.3 Å². The third kappa shape index (κ3) is 8.61. The molecule has 0 saturated heterocycles. The van der Waals surface area contributed by atoms with Crippen molar-refractivity contribution < 1.29 is 18.5 Å². The van der Waals surface area contributed by atoms with Crippen molar-refractivity contribution in [1.29, 1.82) is 0 Å². The molecule has 198 valence electrons. The zero-order valence-electron chi connectivity index (χ0n) is 22.4. The van der Waals surface area contributed by atoms with Gasteiger partial charge in [-0.1, -0.05) is 12.1 Å². The van der Waals surface area contributed by atoms with Crippen molar-refractivity contribution in [3.8, 4) is 5.75 Å². The lowest BCUT2D eigenvalue weighted by Gasteiger charge is -2.20. The van der Waals surface area contributed by atoms with Crippen LogP contribution in [0.2, 0.25) is 0 Å². The number of ether oxygens (including phenoxy) is 1. The number of carbonyl (C=O) groups is 2. The molecule has 1 unspecified atom stereocenters. The van der Waals surface area contributed by atoms with E-state index in [1.54, 1.807) is 25.5 Å². The first-order valence-electron chi connectivity index (χ1n) is 11.8. The summed E-state index contributed by atoms with van der Waals surface area (Å²) in [4.78, 5) is 29.1. The molecule has 2 N–H and O–H groups in total. The van der Waals surface area contributed by atoms with Crippen molar-refractivity contribution in [1.82, 2.24) is 19.4 Å². The molecule has 0 bridgehead atoms. The molecular weight excluding hydrogens is 478 g/mol. The molecule has 2 rings (SSSR count). The quantitative estimate of drug-likeness (QED) is 0.419. The topological polar surface area (TPSA) is 94.2 Å². The fourth-order valence-electron chi connectivity index (χ4n) is 3.62. The smallest absolute Gasteiger partial charge is 0.311 e. The van der Waals surface area contributed by atoms with Gasteiger partial charge in [-0.25, -0.2) is 8.51 Å². The lowest BCUT2D eigenvalue weighted by Crippen LogP contribution is -2.43. The van der Waals surface area contributed by atoms with Crippen LogP contribution in [0.5, 0.6) is 5.75 Å². The van der Waals surface area contributed by atoms with Crippen LogP contribution in [0.1, 0.15) is 16.7 Å². The zero-order chi connectivity index (χ0) is 26.8. The van der Waals surface area contributed by atoms with Crippen LogP contribution in [0, 0.1) is 13.8 Å². The number of rotatable bonds is 12. The fourth-order valence-corrected chi connectivity index (χ4v) is 4.85. The molecule has 0 fully saturated rings. The van der Waals surface area contributed by atoms with E-state index in [-0.39, 0.29) is 6.54 Å². The summed E-state index contributed by atoms with van der Waals surface area (Å²) in [7, 11) is 7.56. The van der Waals surface area contributed by atoms with Crippen molar-refractivity contribution in [2.24, 2.45) is 0 Å². The number of hydrogen-bond donors (Lipinski definition) is 2. The molecule has 0 radical (unpaired) electrons. The third-order valence-electron chi connectivity index (χ3n) is 5.64. The van der Waals surface area contributed by atoms with E-state index in [2.05, 4.69) is 15.5 Å². The molecule has 0 heterocycles. The van der Waals surface area contributed by atoms with E-state index >= 15 is 0 Å². The lowest BCUT2D eigenvalue weighted by molar-refractivity contribution is -0.145. The van der Waals surface area contributed by atoms with Gasteiger partial charge in [0.1, 0.15) is 16.7 Å². The zero-order valence-corrected chi connectivity index (χ0v) is 23.2. The van der Waals surface area contributed by atoms with Crippen LogP contribution in [0.25, 0.3) is 0 Å². The molecule has 10 heteroatoms. The van der Waals surface area contributed by atoms with Crippen molar-refractivity contribution in [3.05, 3.63) is 53.1 Å². The Labute approximate surface area is 217 Å². The Morgan fingerprint density at radius 2 is 1.56 bits per heavy atom. The van der Waals surface area contributed by atoms with E-state index in [4.69, 9.17) is 4.74 Å². The predicted molar refractivity (Wildman–Crippen MR) is 144 cm³/mol. The molecule has 0 saturated carbocycles. The summed E-state index contributed by atoms with van der Waals surface area (Å²) in [6.07, 6.45) is 0. The van der Waals surface area contributed by atoms with E-state index in [9.17, 15) is 13.8 Å². The van der Waals surface area contributed by atoms with E-state index in [1.165, 1.54) is 4.90 Å². The molecule has 1 atom stereocenters. The SMILES string of the molecule is COc1cc(C)c(S(=O)N(C)CCNC(=O)C(=O)N(C)Cc2ccc(NCCN(C)C)cc2)c(C)c1. The van der Waals surface area contributed by atoms with Crippen LogP contribution in [0.3, 0.4) is 0 Å². The first kappa shape index (κ1) is 29.3. The number of hydrogen-bond acceptors (Lipinski definition) is 6. The first-order chi connectivity index (χ1) is 17.0. The molecule has 0 aliphatic carbocycles. The van der Waals surface area contributed by atoms with Crippen LogP contribution >= 0.6 is 0 Å². The molecular formula is C26H39N5O4S. The molecule has 2 aromatic rings. The maximum atomic E-state index is 13.0. The Balaban J connectivity index is 1.82. The molecule has 0 aliphatic heterocycles. The maximum Gasteiger partial charge on any atom is 0.311 e. The van der Waals surface area contributed by atoms with E-state index in [0.717, 1.165) is 46.1 Å². The summed E-state index contributed by atoms with van der Waals surface area (Å²) in [5.74, 6) is -0.583. The van der Waals surface area contributed by atoms with Gasteiger partial charge in [0, 0.05) is 52.5 Å². The highest BCUT2D eigenvalue weighted by Crippen LogP contribution is 2.25. The van der Waals surface area contributed by atoms with Gasteiger partial charge in [0.25, 0.3) is 0 Å². The Morgan fingerprint density at radius 1 is 0.944 bits per heavy atom. The van der Waals surface area contributed by atoms with Gasteiger partial charge in [-0.3, -0.25) is 9.59 Å². The van der Waals surface area contributed by atoms with Gasteiger partial charge >= 0.3 is 11.8 Å². The summed E-state index contributed by atoms with van der Waals surface area (Å²) < 4.78 is 19.9. The minimum Gasteiger partial charge on any atom is -0.497 e. The molecule has 0 aliphatic rings. The van der Waals surface area contributed by atoms with Crippen LogP contribution in [-0.2, 0) is 27.1 Å². The molecule has 2 aromatic carbocycles. The van der Waals surface area contributed by atoms with Gasteiger partial charge in [-0.15, -0.1) is 0 Å². The Bertz CT molecular complexity index is 1040. The largest absolute Gasteiger partial charge is 0.497 e. The standard InChI is InChI=1S/C26H39N5O4S/c1-19-16-23(35-7)17-20(2)24(19)36(34)31(6)15-13-28-25(32)26(33)30(5)18-21-8-10-22(11-9-21)27-12-14-29(3)4/h8-11,16-17,27H,12-15,18H2,1-7H3,(H,28,32). The maximum absolute atomic E-state index is 13.0. The van der Waals surface area contributed by atoms with Crippen molar-refractivity contribution in [2.45, 2.75) is 25.3 Å². The number of anilines is 1. The minimum atomic E-state index is -1.41. The summed E-state index contributed by atoms with van der Waals surface area (Å²) in [6.45, 7) is 6.40. The molecule has 0 spiro atoms. The minimum absolute atomic E-state index is 0.197. The summed E-state index contributed by atoms with van der Waals surface area (Å²) in [5.41, 5.74) is 3.68. The average Bonchev–Trinajstić information content (AvgIpc) is 2.83. The number of likely N-dealkylation sites (N-methyl/N-ethyl adjacent to an activating group) is 3. The number of amides is 2. The Kier molecular flexibility index (Phi) is 11.4. The van der Waals surface area contributed by atoms with E-state index in [1.807, 2.05) is 64.3 Å². The number of carbonyl (C=O) groups excluding carboxylic acids is 2. The summed E-state index contributed by atoms with van der Waals surface area (Å²) in [5, 5.41) is 5.98. The number of aryl methyl sites for hydroxylation is 2. The van der Waals surface area contributed by atoms with Crippen molar-refractivity contribution in [3.63, 3.8) is 0 Å². The van der Waals surface area contributed by atoms with Crippen LogP contribution < -0.4 is 15.4 Å². The third-order valence-corrected chi connectivity index (χ3v) is 7.38. The Hall–Kier alpha value is -2.95. The lowest BCUT2D eigenvalue weighted by atomic mass is 10.1. The summed E-state index contributed by atoms with van der Waals surface area (Å²) >= 11 is 0. The van der Waals surface area contributed by atoms with Gasteiger partial charge in [0.2, 0.25) is 0 Å². The van der Waals surface area contributed by atoms with Crippen LogP contribution in [0.4, 0.5) is 5.69 Å². The highest BCUT2D eigenvalue weighted by Gasteiger charge is 2.20. The first-order valence-corrected chi connectivity index (χ1v) is 12.9. The second-order valence-electron chi connectivity index (χ2n) is 9.04. The average molecular weight is 518 g/mol. The molecule has 0 aromatic heterocycles. The monoisotopic (exact) mass is 517 g/mol. The van der Waals surface area contributed by atoms with Gasteiger partial charge in [0.15, 0.2) is 0 Å². The van der Waals surface area contributed by atoms with Crippen LogP contribution in [-0.4, -0.2) is 91.6 Å². The highest BCUT2D eigenvalue weighted by atomic mass is 32.2. The van der Waals surface area contributed by atoms with Gasteiger partial charge in [-0.05, 0) is 68.9 Å². The fraction of sp³-hybridized carbons (Fsp3) is 0.462. The number of benzene rings is 2. The van der Waals surface area contributed by atoms with Crippen molar-refractivity contribution >= 4 is 28.5 Å². The summed E-state index contributed by atoms with van der Waals surface area (Å²) in [6, 6.07) is 11.5.